The van der Waals surface area contributed by atoms with Crippen LogP contribution in [-0.2, 0) is 9.59 Å². The molecule has 1 atom stereocenters. The maximum Gasteiger partial charge on any atom is 0.317 e. The largest absolute Gasteiger partial charge is 0.481 e. The van der Waals surface area contributed by atoms with Crippen molar-refractivity contribution in [1.29, 1.82) is 0 Å². The van der Waals surface area contributed by atoms with Gasteiger partial charge in [0.15, 0.2) is 0 Å². The van der Waals surface area contributed by atoms with Crippen LogP contribution in [0.3, 0.4) is 0 Å². The van der Waals surface area contributed by atoms with E-state index in [-0.39, 0.29) is 18.5 Å². The van der Waals surface area contributed by atoms with Crippen molar-refractivity contribution in [2.75, 3.05) is 13.1 Å². The monoisotopic (exact) mass is 299 g/mol. The van der Waals surface area contributed by atoms with E-state index in [4.69, 9.17) is 5.73 Å². The number of nitrogens with one attached hydrogen (secondary N) is 1. The minimum Gasteiger partial charge on any atom is -0.481 e. The number of carboxylic acids is 1. The van der Waals surface area contributed by atoms with Gasteiger partial charge in [-0.3, -0.25) is 9.59 Å². The number of nitrogens with zero attached hydrogens (tertiary/aromatic N) is 1. The summed E-state index contributed by atoms with van der Waals surface area (Å²) in [5.74, 6) is -1.24. The molecule has 0 radical (unpaired) electrons. The average Bonchev–Trinajstić information content (AvgIpc) is 2.38. The molecule has 1 fully saturated rings. The Hall–Kier alpha value is -1.79. The number of likely N-dealkylation sites (tertiary alicyclic amines) is 1. The Kier molecular flexibility index (Phi) is 5.99. The van der Waals surface area contributed by atoms with Gasteiger partial charge in [0.25, 0.3) is 0 Å². The summed E-state index contributed by atoms with van der Waals surface area (Å²) >= 11 is 0. The van der Waals surface area contributed by atoms with E-state index in [9.17, 15) is 19.5 Å². The third kappa shape index (κ3) is 4.61. The van der Waals surface area contributed by atoms with Gasteiger partial charge in [-0.15, -0.1) is 0 Å². The van der Waals surface area contributed by atoms with Gasteiger partial charge in [-0.2, -0.15) is 0 Å². The van der Waals surface area contributed by atoms with Crippen LogP contribution in [0, 0.1) is 5.41 Å². The topological polar surface area (TPSA) is 113 Å². The number of hydrogen-bond donors (Lipinski definition) is 3. The Morgan fingerprint density at radius 2 is 1.90 bits per heavy atom. The second kappa shape index (κ2) is 7.28. The standard InChI is InChI=1S/C14H25N3O4/c1-3-4-14(12(19)20)5-7-17(8-6-14)13(21)16-10(2)9-11(15)18/h10H,3-9H2,1-2H3,(H2,15,18)(H,16,21)(H,19,20). The number of aliphatic carboxylic acids is 1. The lowest BCUT2D eigenvalue weighted by atomic mass is 9.75. The van der Waals surface area contributed by atoms with Crippen molar-refractivity contribution in [2.24, 2.45) is 11.1 Å². The zero-order valence-corrected chi connectivity index (χ0v) is 12.7. The van der Waals surface area contributed by atoms with E-state index >= 15 is 0 Å². The molecule has 0 aliphatic carbocycles. The van der Waals surface area contributed by atoms with E-state index < -0.39 is 17.3 Å². The van der Waals surface area contributed by atoms with Gasteiger partial charge in [-0.1, -0.05) is 13.3 Å². The van der Waals surface area contributed by atoms with Gasteiger partial charge < -0.3 is 21.1 Å². The Labute approximate surface area is 124 Å². The normalized spacial score (nSPS) is 18.9. The highest BCUT2D eigenvalue weighted by Crippen LogP contribution is 2.36. The van der Waals surface area contributed by atoms with Crippen molar-refractivity contribution in [3.8, 4) is 0 Å². The highest BCUT2D eigenvalue weighted by Gasteiger charge is 2.41. The molecule has 1 unspecified atom stereocenters. The molecule has 0 bridgehead atoms. The minimum atomic E-state index is -0.772. The molecule has 0 spiro atoms. The minimum absolute atomic E-state index is 0.0917. The van der Waals surface area contributed by atoms with E-state index in [1.54, 1.807) is 11.8 Å². The second-order valence-corrected chi connectivity index (χ2v) is 5.84. The van der Waals surface area contributed by atoms with Crippen LogP contribution >= 0.6 is 0 Å². The molecule has 1 rings (SSSR count). The van der Waals surface area contributed by atoms with E-state index in [1.165, 1.54) is 0 Å². The predicted molar refractivity (Wildman–Crippen MR) is 77.6 cm³/mol. The van der Waals surface area contributed by atoms with Gasteiger partial charge in [0.2, 0.25) is 5.91 Å². The number of carbonyl (C=O) groups excluding carboxylic acids is 2. The molecular formula is C14H25N3O4. The molecule has 0 aromatic heterocycles. The second-order valence-electron chi connectivity index (χ2n) is 5.84. The van der Waals surface area contributed by atoms with E-state index in [1.807, 2.05) is 6.92 Å². The fourth-order valence-electron chi connectivity index (χ4n) is 2.84. The lowest BCUT2D eigenvalue weighted by molar-refractivity contribution is -0.152. The van der Waals surface area contributed by atoms with Crippen LogP contribution in [0.4, 0.5) is 4.79 Å². The molecule has 1 aliphatic rings. The first-order chi connectivity index (χ1) is 9.80. The molecule has 21 heavy (non-hydrogen) atoms. The van der Waals surface area contributed by atoms with Gasteiger partial charge >= 0.3 is 12.0 Å². The number of primary amides is 1. The fraction of sp³-hybridized carbons (Fsp3) is 0.786. The molecule has 0 saturated carbocycles. The Morgan fingerprint density at radius 3 is 2.33 bits per heavy atom. The Balaban J connectivity index is 2.53. The maximum atomic E-state index is 12.0. The number of carboxylic acid groups (broad SMARTS) is 1. The summed E-state index contributed by atoms with van der Waals surface area (Å²) in [6.45, 7) is 4.52. The maximum absolute atomic E-state index is 12.0. The van der Waals surface area contributed by atoms with Gasteiger partial charge in [-0.25, -0.2) is 4.79 Å². The molecule has 4 N–H and O–H groups in total. The third-order valence-electron chi connectivity index (χ3n) is 4.07. The lowest BCUT2D eigenvalue weighted by Gasteiger charge is -2.39. The van der Waals surface area contributed by atoms with Gasteiger partial charge in [0.05, 0.1) is 5.41 Å². The molecule has 0 aromatic rings. The van der Waals surface area contributed by atoms with Crippen LogP contribution < -0.4 is 11.1 Å². The first-order valence-electron chi connectivity index (χ1n) is 7.38. The number of urea groups is 1. The number of piperidine rings is 1. The number of nitrogens with two attached hydrogens (primary N) is 1. The van der Waals surface area contributed by atoms with Crippen LogP contribution in [0.2, 0.25) is 0 Å². The molecule has 3 amide bonds. The molecule has 7 heteroatoms. The first-order valence-corrected chi connectivity index (χ1v) is 7.38. The van der Waals surface area contributed by atoms with Crippen molar-refractivity contribution in [2.45, 2.75) is 52.0 Å². The zero-order valence-electron chi connectivity index (χ0n) is 12.7. The summed E-state index contributed by atoms with van der Waals surface area (Å²) < 4.78 is 0. The molecule has 1 saturated heterocycles. The van der Waals surface area contributed by atoms with Crippen molar-refractivity contribution in [3.63, 3.8) is 0 Å². The molecule has 1 aliphatic heterocycles. The number of amides is 3. The predicted octanol–water partition coefficient (Wildman–Crippen LogP) is 0.927. The van der Waals surface area contributed by atoms with E-state index in [2.05, 4.69) is 5.32 Å². The quantitative estimate of drug-likeness (QED) is 0.677. The molecule has 7 nitrogen and oxygen atoms in total. The highest BCUT2D eigenvalue weighted by atomic mass is 16.4. The van der Waals surface area contributed by atoms with Crippen LogP contribution in [-0.4, -0.2) is 47.0 Å². The SMILES string of the molecule is CCCC1(C(=O)O)CCN(C(=O)NC(C)CC(N)=O)CC1. The lowest BCUT2D eigenvalue weighted by Crippen LogP contribution is -2.51. The smallest absolute Gasteiger partial charge is 0.317 e. The average molecular weight is 299 g/mol. The zero-order chi connectivity index (χ0) is 16.0. The van der Waals surface area contributed by atoms with Gasteiger partial charge in [-0.05, 0) is 26.2 Å². The van der Waals surface area contributed by atoms with E-state index in [0.717, 1.165) is 6.42 Å². The number of rotatable bonds is 6. The Morgan fingerprint density at radius 1 is 1.33 bits per heavy atom. The number of hydrogen-bond acceptors (Lipinski definition) is 3. The van der Waals surface area contributed by atoms with Crippen molar-refractivity contribution in [3.05, 3.63) is 0 Å². The van der Waals surface area contributed by atoms with Gasteiger partial charge in [0.1, 0.15) is 0 Å². The molecule has 120 valence electrons. The van der Waals surface area contributed by atoms with E-state index in [0.29, 0.717) is 32.4 Å². The summed E-state index contributed by atoms with van der Waals surface area (Å²) in [7, 11) is 0. The summed E-state index contributed by atoms with van der Waals surface area (Å²) in [6, 6.07) is -0.587. The Bertz CT molecular complexity index is 403. The molecule has 1 heterocycles. The summed E-state index contributed by atoms with van der Waals surface area (Å²) in [4.78, 5) is 35.9. The first kappa shape index (κ1) is 17.3. The van der Waals surface area contributed by atoms with Crippen molar-refractivity contribution in [1.82, 2.24) is 10.2 Å². The van der Waals surface area contributed by atoms with Crippen LogP contribution in [0.15, 0.2) is 0 Å². The third-order valence-corrected chi connectivity index (χ3v) is 4.07. The summed E-state index contributed by atoms with van der Waals surface area (Å²) in [5, 5.41) is 12.1. The summed E-state index contributed by atoms with van der Waals surface area (Å²) in [5.41, 5.74) is 4.38. The van der Waals surface area contributed by atoms with Crippen molar-refractivity contribution < 1.29 is 19.5 Å². The molecule has 0 aromatic carbocycles. The van der Waals surface area contributed by atoms with Crippen molar-refractivity contribution >= 4 is 17.9 Å². The van der Waals surface area contributed by atoms with Crippen LogP contribution in [0.5, 0.6) is 0 Å². The van der Waals surface area contributed by atoms with Crippen LogP contribution in [0.25, 0.3) is 0 Å². The van der Waals surface area contributed by atoms with Crippen LogP contribution in [0.1, 0.15) is 46.0 Å². The number of carbonyl (C=O) groups is 3. The molecular weight excluding hydrogens is 274 g/mol. The summed E-state index contributed by atoms with van der Waals surface area (Å²) in [6.07, 6.45) is 2.47. The fourth-order valence-corrected chi connectivity index (χ4v) is 2.84. The highest BCUT2D eigenvalue weighted by molar-refractivity contribution is 5.79. The van der Waals surface area contributed by atoms with Gasteiger partial charge in [0, 0.05) is 25.6 Å².